The molecular formula is C24H28N2O4. The fraction of sp³-hybridized carbons (Fsp3) is 0.333. The van der Waals surface area contributed by atoms with Crippen molar-refractivity contribution < 1.29 is 19.7 Å². The lowest BCUT2D eigenvalue weighted by Gasteiger charge is -2.13. The lowest BCUT2D eigenvalue weighted by atomic mass is 10.1. The minimum Gasteiger partial charge on any atom is -0.465 e. The Morgan fingerprint density at radius 2 is 1.90 bits per heavy atom. The molecule has 0 saturated carbocycles. The number of aliphatic hydroxyl groups is 2. The Labute approximate surface area is 176 Å². The van der Waals surface area contributed by atoms with Gasteiger partial charge in [-0.1, -0.05) is 54.6 Å². The maximum atomic E-state index is 11.9. The summed E-state index contributed by atoms with van der Waals surface area (Å²) in [7, 11) is 0. The summed E-state index contributed by atoms with van der Waals surface area (Å²) in [5.41, 5.74) is 4.79. The number of carbonyl (C=O) groups is 1. The molecule has 0 radical (unpaired) electrons. The van der Waals surface area contributed by atoms with Crippen LogP contribution >= 0.6 is 0 Å². The molecule has 158 valence electrons. The predicted octanol–water partition coefficient (Wildman–Crippen LogP) is 2.99. The van der Waals surface area contributed by atoms with Gasteiger partial charge in [-0.15, -0.1) is 0 Å². The highest BCUT2D eigenvalue weighted by Crippen LogP contribution is 2.24. The molecular weight excluding hydrogens is 380 g/mol. The molecule has 0 aliphatic heterocycles. The summed E-state index contributed by atoms with van der Waals surface area (Å²) in [4.78, 5) is 16.6. The van der Waals surface area contributed by atoms with Crippen LogP contribution in [0.3, 0.4) is 0 Å². The first-order valence-corrected chi connectivity index (χ1v) is 10.2. The standard InChI is InChI=1S/C24H28N2O4/c1-18(28)13-22-24(21-9-3-2-4-10-21)25-17-26(22)16-20-8-5-7-19(14-20)15-23(29)30-12-6-11-27/h2-5,7-10,14,17-18,27-28H,6,11-13,15-16H2,1H3. The average Bonchev–Trinajstić information content (AvgIpc) is 3.10. The minimum atomic E-state index is -0.483. The Morgan fingerprint density at radius 3 is 2.63 bits per heavy atom. The molecule has 2 N–H and O–H groups in total. The van der Waals surface area contributed by atoms with E-state index in [1.165, 1.54) is 0 Å². The fourth-order valence-electron chi connectivity index (χ4n) is 3.38. The number of benzene rings is 2. The first-order valence-electron chi connectivity index (χ1n) is 10.2. The van der Waals surface area contributed by atoms with Crippen LogP contribution in [0.5, 0.6) is 0 Å². The Balaban J connectivity index is 1.77. The quantitative estimate of drug-likeness (QED) is 0.398. The normalized spacial score (nSPS) is 12.0. The second kappa shape index (κ2) is 10.7. The van der Waals surface area contributed by atoms with Crippen LogP contribution in [0, 0.1) is 0 Å². The first-order chi connectivity index (χ1) is 14.6. The van der Waals surface area contributed by atoms with Gasteiger partial charge in [-0.25, -0.2) is 4.98 Å². The molecule has 1 atom stereocenters. The van der Waals surface area contributed by atoms with Gasteiger partial charge in [0.15, 0.2) is 0 Å². The largest absolute Gasteiger partial charge is 0.465 e. The minimum absolute atomic E-state index is 0.00737. The maximum absolute atomic E-state index is 11.9. The predicted molar refractivity (Wildman–Crippen MR) is 115 cm³/mol. The van der Waals surface area contributed by atoms with Gasteiger partial charge in [0.25, 0.3) is 0 Å². The third kappa shape index (κ3) is 6.02. The lowest BCUT2D eigenvalue weighted by Crippen LogP contribution is -2.12. The molecule has 1 unspecified atom stereocenters. The summed E-state index contributed by atoms with van der Waals surface area (Å²) in [6.07, 6.45) is 2.46. The molecule has 0 fully saturated rings. The van der Waals surface area contributed by atoms with E-state index in [-0.39, 0.29) is 25.6 Å². The number of rotatable bonds is 10. The second-order valence-corrected chi connectivity index (χ2v) is 7.38. The van der Waals surface area contributed by atoms with Crippen LogP contribution in [0.2, 0.25) is 0 Å². The molecule has 0 bridgehead atoms. The van der Waals surface area contributed by atoms with Crippen molar-refractivity contribution in [2.24, 2.45) is 0 Å². The van der Waals surface area contributed by atoms with E-state index >= 15 is 0 Å². The molecule has 0 aliphatic rings. The first kappa shape index (κ1) is 21.7. The summed E-state index contributed by atoms with van der Waals surface area (Å²) in [6, 6.07) is 17.8. The van der Waals surface area contributed by atoms with Crippen molar-refractivity contribution in [2.45, 2.75) is 38.8 Å². The molecule has 6 heteroatoms. The van der Waals surface area contributed by atoms with Crippen molar-refractivity contribution in [1.29, 1.82) is 0 Å². The zero-order valence-corrected chi connectivity index (χ0v) is 17.2. The Kier molecular flexibility index (Phi) is 7.76. The summed E-state index contributed by atoms with van der Waals surface area (Å²) < 4.78 is 7.17. The van der Waals surface area contributed by atoms with E-state index in [0.717, 1.165) is 28.1 Å². The van der Waals surface area contributed by atoms with Gasteiger partial charge in [0, 0.05) is 37.3 Å². The van der Waals surface area contributed by atoms with Crippen LogP contribution in [0.4, 0.5) is 0 Å². The van der Waals surface area contributed by atoms with Crippen molar-refractivity contribution in [1.82, 2.24) is 9.55 Å². The smallest absolute Gasteiger partial charge is 0.310 e. The Hall–Kier alpha value is -2.96. The van der Waals surface area contributed by atoms with Gasteiger partial charge < -0.3 is 19.5 Å². The van der Waals surface area contributed by atoms with E-state index in [4.69, 9.17) is 9.84 Å². The van der Waals surface area contributed by atoms with Gasteiger partial charge >= 0.3 is 5.97 Å². The van der Waals surface area contributed by atoms with Crippen molar-refractivity contribution in [3.05, 3.63) is 77.7 Å². The Morgan fingerprint density at radius 1 is 1.13 bits per heavy atom. The van der Waals surface area contributed by atoms with Gasteiger partial charge in [-0.05, 0) is 18.1 Å². The molecule has 2 aromatic carbocycles. The second-order valence-electron chi connectivity index (χ2n) is 7.38. The van der Waals surface area contributed by atoms with Gasteiger partial charge in [-0.2, -0.15) is 0 Å². The van der Waals surface area contributed by atoms with E-state index in [0.29, 0.717) is 19.4 Å². The van der Waals surface area contributed by atoms with Crippen LogP contribution in [0.25, 0.3) is 11.3 Å². The number of nitrogens with zero attached hydrogens (tertiary/aromatic N) is 2. The average molecular weight is 408 g/mol. The topological polar surface area (TPSA) is 84.6 Å². The van der Waals surface area contributed by atoms with Gasteiger partial charge in [0.05, 0.1) is 31.2 Å². The highest BCUT2D eigenvalue weighted by Gasteiger charge is 2.15. The number of ether oxygens (including phenoxy) is 1. The molecule has 1 aromatic heterocycles. The molecule has 1 heterocycles. The van der Waals surface area contributed by atoms with E-state index < -0.39 is 6.10 Å². The lowest BCUT2D eigenvalue weighted by molar-refractivity contribution is -0.143. The summed E-state index contributed by atoms with van der Waals surface area (Å²) in [6.45, 7) is 2.60. The molecule has 0 amide bonds. The third-order valence-electron chi connectivity index (χ3n) is 4.74. The summed E-state index contributed by atoms with van der Waals surface area (Å²) in [5, 5.41) is 18.8. The van der Waals surface area contributed by atoms with Crippen molar-refractivity contribution >= 4 is 5.97 Å². The zero-order chi connectivity index (χ0) is 21.3. The molecule has 0 spiro atoms. The van der Waals surface area contributed by atoms with Crippen LogP contribution in [-0.4, -0.2) is 45.1 Å². The number of carbonyl (C=O) groups excluding carboxylic acids is 1. The number of esters is 1. The SMILES string of the molecule is CC(O)Cc1c(-c2ccccc2)ncn1Cc1cccc(CC(=O)OCCCO)c1. The molecule has 0 aliphatic carbocycles. The molecule has 3 aromatic rings. The third-order valence-corrected chi connectivity index (χ3v) is 4.74. The zero-order valence-electron chi connectivity index (χ0n) is 17.2. The van der Waals surface area contributed by atoms with E-state index in [2.05, 4.69) is 4.98 Å². The number of aromatic nitrogens is 2. The molecule has 30 heavy (non-hydrogen) atoms. The van der Waals surface area contributed by atoms with Crippen molar-refractivity contribution in [2.75, 3.05) is 13.2 Å². The van der Waals surface area contributed by atoms with Gasteiger partial charge in [0.2, 0.25) is 0 Å². The van der Waals surface area contributed by atoms with E-state index in [9.17, 15) is 9.90 Å². The molecule has 3 rings (SSSR count). The number of aliphatic hydroxyl groups excluding tert-OH is 2. The molecule has 0 saturated heterocycles. The summed E-state index contributed by atoms with van der Waals surface area (Å²) in [5.74, 6) is -0.301. The molecule has 6 nitrogen and oxygen atoms in total. The van der Waals surface area contributed by atoms with Crippen LogP contribution in [0.15, 0.2) is 60.9 Å². The van der Waals surface area contributed by atoms with E-state index in [1.807, 2.05) is 59.2 Å². The highest BCUT2D eigenvalue weighted by molar-refractivity contribution is 5.72. The monoisotopic (exact) mass is 408 g/mol. The van der Waals surface area contributed by atoms with Crippen LogP contribution in [-0.2, 0) is 28.9 Å². The van der Waals surface area contributed by atoms with Gasteiger partial charge in [-0.3, -0.25) is 4.79 Å². The summed E-state index contributed by atoms with van der Waals surface area (Å²) >= 11 is 0. The highest BCUT2D eigenvalue weighted by atomic mass is 16.5. The van der Waals surface area contributed by atoms with E-state index in [1.54, 1.807) is 13.3 Å². The van der Waals surface area contributed by atoms with Crippen LogP contribution < -0.4 is 0 Å². The fourth-order valence-corrected chi connectivity index (χ4v) is 3.38. The number of hydrogen-bond acceptors (Lipinski definition) is 5. The van der Waals surface area contributed by atoms with Crippen LogP contribution in [0.1, 0.15) is 30.2 Å². The van der Waals surface area contributed by atoms with Crippen molar-refractivity contribution in [3.63, 3.8) is 0 Å². The Bertz CT molecular complexity index is 951. The maximum Gasteiger partial charge on any atom is 0.310 e. The van der Waals surface area contributed by atoms with Gasteiger partial charge in [0.1, 0.15) is 0 Å². The number of hydrogen-bond donors (Lipinski definition) is 2. The van der Waals surface area contributed by atoms with Crippen molar-refractivity contribution in [3.8, 4) is 11.3 Å². The number of imidazole rings is 1.